The van der Waals surface area contributed by atoms with Crippen molar-refractivity contribution in [3.63, 3.8) is 0 Å². The van der Waals surface area contributed by atoms with Crippen LogP contribution in [0.2, 0.25) is 0 Å². The molecule has 0 fully saturated rings. The van der Waals surface area contributed by atoms with Gasteiger partial charge in [0.2, 0.25) is 5.91 Å². The molecule has 180 valence electrons. The molecule has 34 heavy (non-hydrogen) atoms. The van der Waals surface area contributed by atoms with E-state index in [1.165, 1.54) is 19.9 Å². The number of benzene rings is 1. The van der Waals surface area contributed by atoms with Crippen molar-refractivity contribution in [1.82, 2.24) is 15.0 Å². The van der Waals surface area contributed by atoms with Crippen LogP contribution < -0.4 is 11.3 Å². The van der Waals surface area contributed by atoms with E-state index in [2.05, 4.69) is 15.0 Å². The molecule has 12 heteroatoms. The van der Waals surface area contributed by atoms with Crippen LogP contribution in [-0.4, -0.2) is 20.9 Å². The van der Waals surface area contributed by atoms with E-state index < -0.39 is 51.7 Å². The maximum Gasteiger partial charge on any atom is 0.417 e. The van der Waals surface area contributed by atoms with Crippen molar-refractivity contribution in [3.05, 3.63) is 69.6 Å². The molecule has 1 amide bonds. The highest BCUT2D eigenvalue weighted by Gasteiger charge is 2.35. The van der Waals surface area contributed by atoms with Gasteiger partial charge in [-0.15, -0.1) is 0 Å². The lowest BCUT2D eigenvalue weighted by atomic mass is 9.84. The van der Waals surface area contributed by atoms with Crippen LogP contribution in [0.4, 0.5) is 26.3 Å². The fraction of sp³-hybridized carbons (Fsp3) is 0.273. The molecule has 0 bridgehead atoms. The third kappa shape index (κ3) is 5.43. The fourth-order valence-electron chi connectivity index (χ4n) is 3.17. The van der Waals surface area contributed by atoms with Crippen LogP contribution in [-0.2, 0) is 23.6 Å². The molecule has 3 N–H and O–H groups in total. The Morgan fingerprint density at radius 1 is 0.971 bits per heavy atom. The molecular formula is C22H18F6N4O2. The number of carbonyl (C=O) groups is 1. The highest BCUT2D eigenvalue weighted by Crippen LogP contribution is 2.37. The zero-order valence-corrected chi connectivity index (χ0v) is 17.8. The number of carbonyl (C=O) groups excluding carboxylic acids is 1. The van der Waals surface area contributed by atoms with Crippen LogP contribution >= 0.6 is 0 Å². The zero-order chi connectivity index (χ0) is 25.5. The van der Waals surface area contributed by atoms with Gasteiger partial charge in [0.1, 0.15) is 5.82 Å². The molecule has 0 aliphatic heterocycles. The number of primary amides is 1. The fourth-order valence-corrected chi connectivity index (χ4v) is 3.17. The van der Waals surface area contributed by atoms with Gasteiger partial charge in [0, 0.05) is 23.2 Å². The SMILES string of the molecule is CC(C)(Cc1ccc(C(F)(F)F)c(-c2nc(-c3ccc(C(F)(F)F)cn3)cc(=O)[nH]2)c1)C(N)=O. The number of pyridine rings is 1. The highest BCUT2D eigenvalue weighted by molar-refractivity contribution is 5.80. The molecule has 0 aliphatic rings. The van der Waals surface area contributed by atoms with E-state index in [0.29, 0.717) is 11.8 Å². The molecule has 6 nitrogen and oxygen atoms in total. The van der Waals surface area contributed by atoms with Crippen LogP contribution in [0.5, 0.6) is 0 Å². The first-order valence-corrected chi connectivity index (χ1v) is 9.73. The number of rotatable bonds is 5. The molecule has 0 saturated carbocycles. The highest BCUT2D eigenvalue weighted by atomic mass is 19.4. The summed E-state index contributed by atoms with van der Waals surface area (Å²) in [6.45, 7) is 3.06. The molecule has 3 aromatic rings. The largest absolute Gasteiger partial charge is 0.417 e. The molecule has 3 rings (SSSR count). The molecule has 0 atom stereocenters. The first-order valence-electron chi connectivity index (χ1n) is 9.73. The van der Waals surface area contributed by atoms with E-state index in [-0.39, 0.29) is 17.8 Å². The van der Waals surface area contributed by atoms with Gasteiger partial charge in [0.15, 0.2) is 0 Å². The van der Waals surface area contributed by atoms with Crippen LogP contribution in [0, 0.1) is 5.41 Å². The summed E-state index contributed by atoms with van der Waals surface area (Å²) in [5.74, 6) is -1.12. The quantitative estimate of drug-likeness (QED) is 0.517. The first kappa shape index (κ1) is 24.9. The van der Waals surface area contributed by atoms with Gasteiger partial charge in [-0.05, 0) is 36.2 Å². The standard InChI is InChI=1S/C22H18F6N4O2/c1-20(2,19(29)34)9-11-3-5-14(22(26,27)28)13(7-11)18-31-16(8-17(33)32-18)15-6-4-12(10-30-15)21(23,24)25/h3-8,10H,9H2,1-2H3,(H2,29,34)(H,31,32,33). The molecule has 1 aromatic carbocycles. The number of halogens is 6. The van der Waals surface area contributed by atoms with E-state index in [1.54, 1.807) is 0 Å². The number of H-pyrrole nitrogens is 1. The van der Waals surface area contributed by atoms with E-state index in [4.69, 9.17) is 5.73 Å². The van der Waals surface area contributed by atoms with Gasteiger partial charge < -0.3 is 10.7 Å². The minimum Gasteiger partial charge on any atom is -0.369 e. The summed E-state index contributed by atoms with van der Waals surface area (Å²) in [5.41, 5.74) is 0.804. The van der Waals surface area contributed by atoms with Crippen LogP contribution in [0.15, 0.2) is 47.4 Å². The van der Waals surface area contributed by atoms with Crippen LogP contribution in [0.1, 0.15) is 30.5 Å². The van der Waals surface area contributed by atoms with Crippen molar-refractivity contribution in [2.75, 3.05) is 0 Å². The Balaban J connectivity index is 2.14. The lowest BCUT2D eigenvalue weighted by molar-refractivity contribution is -0.138. The number of hydrogen-bond acceptors (Lipinski definition) is 4. The van der Waals surface area contributed by atoms with Gasteiger partial charge in [-0.2, -0.15) is 26.3 Å². The zero-order valence-electron chi connectivity index (χ0n) is 17.8. The average molecular weight is 484 g/mol. The van der Waals surface area contributed by atoms with Crippen LogP contribution in [0.25, 0.3) is 22.8 Å². The minimum atomic E-state index is -4.81. The summed E-state index contributed by atoms with van der Waals surface area (Å²) in [4.78, 5) is 33.7. The molecule has 0 saturated heterocycles. The summed E-state index contributed by atoms with van der Waals surface area (Å²) in [7, 11) is 0. The molecule has 0 radical (unpaired) electrons. The summed E-state index contributed by atoms with van der Waals surface area (Å²) < 4.78 is 79.5. The van der Waals surface area contributed by atoms with E-state index in [0.717, 1.165) is 30.3 Å². The van der Waals surface area contributed by atoms with Gasteiger partial charge in [0.25, 0.3) is 5.56 Å². The summed E-state index contributed by atoms with van der Waals surface area (Å²) in [5, 5.41) is 0. The normalized spacial score (nSPS) is 12.6. The molecule has 0 unspecified atom stereocenters. The Bertz CT molecular complexity index is 1280. The average Bonchev–Trinajstić information content (AvgIpc) is 2.71. The van der Waals surface area contributed by atoms with Gasteiger partial charge >= 0.3 is 12.4 Å². The van der Waals surface area contributed by atoms with Crippen LogP contribution in [0.3, 0.4) is 0 Å². The first-order chi connectivity index (χ1) is 15.6. The maximum absolute atomic E-state index is 13.7. The predicted octanol–water partition coefficient (Wildman–Crippen LogP) is 4.59. The lowest BCUT2D eigenvalue weighted by Gasteiger charge is -2.21. The van der Waals surface area contributed by atoms with Crippen molar-refractivity contribution in [3.8, 4) is 22.8 Å². The predicted molar refractivity (Wildman–Crippen MR) is 110 cm³/mol. The van der Waals surface area contributed by atoms with Crippen molar-refractivity contribution in [2.45, 2.75) is 32.6 Å². The second-order valence-electron chi connectivity index (χ2n) is 8.21. The Labute approximate surface area is 188 Å². The number of amides is 1. The smallest absolute Gasteiger partial charge is 0.369 e. The Kier molecular flexibility index (Phi) is 6.29. The minimum absolute atomic E-state index is 0.0118. The number of nitrogens with zero attached hydrogens (tertiary/aromatic N) is 2. The second kappa shape index (κ2) is 8.58. The number of aromatic nitrogens is 3. The summed E-state index contributed by atoms with van der Waals surface area (Å²) in [6.07, 6.45) is -8.91. The van der Waals surface area contributed by atoms with Crippen molar-refractivity contribution in [1.29, 1.82) is 0 Å². The Morgan fingerprint density at radius 3 is 2.18 bits per heavy atom. The third-order valence-corrected chi connectivity index (χ3v) is 5.05. The van der Waals surface area contributed by atoms with E-state index >= 15 is 0 Å². The van der Waals surface area contributed by atoms with Crippen molar-refractivity contribution in [2.24, 2.45) is 11.1 Å². The van der Waals surface area contributed by atoms with E-state index in [1.807, 2.05) is 0 Å². The number of nitrogens with one attached hydrogen (secondary N) is 1. The topological polar surface area (TPSA) is 102 Å². The third-order valence-electron chi connectivity index (χ3n) is 5.05. The number of alkyl halides is 6. The van der Waals surface area contributed by atoms with Gasteiger partial charge in [-0.3, -0.25) is 14.6 Å². The molecule has 0 spiro atoms. The number of aromatic amines is 1. The van der Waals surface area contributed by atoms with Gasteiger partial charge in [-0.1, -0.05) is 19.9 Å². The summed E-state index contributed by atoms with van der Waals surface area (Å²) in [6, 6.07) is 5.72. The maximum atomic E-state index is 13.7. The number of nitrogens with two attached hydrogens (primary N) is 1. The lowest BCUT2D eigenvalue weighted by Crippen LogP contribution is -2.33. The monoisotopic (exact) mass is 484 g/mol. The second-order valence-corrected chi connectivity index (χ2v) is 8.21. The van der Waals surface area contributed by atoms with Crippen molar-refractivity contribution < 1.29 is 31.1 Å². The van der Waals surface area contributed by atoms with Crippen molar-refractivity contribution >= 4 is 5.91 Å². The van der Waals surface area contributed by atoms with Gasteiger partial charge in [-0.25, -0.2) is 4.98 Å². The van der Waals surface area contributed by atoms with E-state index in [9.17, 15) is 35.9 Å². The summed E-state index contributed by atoms with van der Waals surface area (Å²) >= 11 is 0. The Hall–Kier alpha value is -3.70. The van der Waals surface area contributed by atoms with Gasteiger partial charge in [0.05, 0.1) is 22.5 Å². The molecule has 2 heterocycles. The molecular weight excluding hydrogens is 466 g/mol. The molecule has 0 aliphatic carbocycles. The number of hydrogen-bond donors (Lipinski definition) is 2. The Morgan fingerprint density at radius 2 is 1.65 bits per heavy atom. The molecule has 2 aromatic heterocycles.